The number of carbonyl (C=O) groups excluding carboxylic acids is 1. The average molecular weight is 261 g/mol. The normalized spacial score (nSPS) is 21.1. The molecule has 3 nitrogen and oxygen atoms in total. The smallest absolute Gasteiger partial charge is 0.228 e. The molecule has 17 heavy (non-hydrogen) atoms. The second kappa shape index (κ2) is 6.60. The molecule has 4 heteroatoms. The van der Waals surface area contributed by atoms with Crippen LogP contribution in [0.25, 0.3) is 0 Å². The molecular weight excluding hydrogens is 236 g/mol. The molecule has 2 aliphatic rings. The Bertz CT molecular complexity index is 248. The molecule has 0 unspecified atom stereocenters. The minimum absolute atomic E-state index is 0. The lowest BCUT2D eigenvalue weighted by Gasteiger charge is -2.37. The van der Waals surface area contributed by atoms with Gasteiger partial charge in [-0.15, -0.1) is 12.4 Å². The lowest BCUT2D eigenvalue weighted by atomic mass is 9.99. The molecule has 0 radical (unpaired) electrons. The molecule has 1 heterocycles. The first kappa shape index (κ1) is 14.8. The SMILES string of the molecule is CC(C)CN(C(=O)C1CNC1)C1CCCC1.Cl. The van der Waals surface area contributed by atoms with Gasteiger partial charge in [-0.2, -0.15) is 0 Å². The van der Waals surface area contributed by atoms with Crippen LogP contribution >= 0.6 is 12.4 Å². The number of nitrogens with one attached hydrogen (secondary N) is 1. The van der Waals surface area contributed by atoms with Crippen molar-refractivity contribution in [3.8, 4) is 0 Å². The topological polar surface area (TPSA) is 32.3 Å². The molecule has 0 spiro atoms. The van der Waals surface area contributed by atoms with Crippen LogP contribution in [0.4, 0.5) is 0 Å². The fourth-order valence-corrected chi connectivity index (χ4v) is 2.73. The minimum atomic E-state index is 0. The van der Waals surface area contributed by atoms with Crippen molar-refractivity contribution in [3.63, 3.8) is 0 Å². The fraction of sp³-hybridized carbons (Fsp3) is 0.923. The summed E-state index contributed by atoms with van der Waals surface area (Å²) in [6.45, 7) is 7.13. The van der Waals surface area contributed by atoms with E-state index in [0.717, 1.165) is 19.6 Å². The first-order chi connectivity index (χ1) is 7.68. The molecule has 100 valence electrons. The van der Waals surface area contributed by atoms with E-state index in [4.69, 9.17) is 0 Å². The van der Waals surface area contributed by atoms with Gasteiger partial charge in [0, 0.05) is 25.7 Å². The van der Waals surface area contributed by atoms with Crippen LogP contribution in [0.2, 0.25) is 0 Å². The van der Waals surface area contributed by atoms with E-state index in [1.165, 1.54) is 25.7 Å². The Morgan fingerprint density at radius 1 is 1.29 bits per heavy atom. The van der Waals surface area contributed by atoms with Crippen LogP contribution in [-0.2, 0) is 4.79 Å². The summed E-state index contributed by atoms with van der Waals surface area (Å²) in [7, 11) is 0. The Morgan fingerprint density at radius 3 is 2.29 bits per heavy atom. The van der Waals surface area contributed by atoms with Gasteiger partial charge in [0.2, 0.25) is 5.91 Å². The molecule has 0 atom stereocenters. The molecule has 1 N–H and O–H groups in total. The Morgan fingerprint density at radius 2 is 1.88 bits per heavy atom. The van der Waals surface area contributed by atoms with Gasteiger partial charge in [-0.05, 0) is 18.8 Å². The standard InChI is InChI=1S/C13H24N2O.ClH/c1-10(2)9-15(12-5-3-4-6-12)13(16)11-7-14-8-11;/h10-12,14H,3-9H2,1-2H3;1H. The summed E-state index contributed by atoms with van der Waals surface area (Å²) in [4.78, 5) is 14.5. The third kappa shape index (κ3) is 3.59. The van der Waals surface area contributed by atoms with Gasteiger partial charge < -0.3 is 10.2 Å². The molecule has 2 fully saturated rings. The highest BCUT2D eigenvalue weighted by atomic mass is 35.5. The first-order valence-electron chi connectivity index (χ1n) is 6.69. The number of carbonyl (C=O) groups is 1. The van der Waals surface area contributed by atoms with Crippen LogP contribution < -0.4 is 5.32 Å². The van der Waals surface area contributed by atoms with Crippen LogP contribution in [0, 0.1) is 11.8 Å². The van der Waals surface area contributed by atoms with Gasteiger partial charge in [0.05, 0.1) is 5.92 Å². The van der Waals surface area contributed by atoms with Crippen molar-refractivity contribution in [1.82, 2.24) is 10.2 Å². The summed E-state index contributed by atoms with van der Waals surface area (Å²) in [6, 6.07) is 0.537. The Hall–Kier alpha value is -0.280. The summed E-state index contributed by atoms with van der Waals surface area (Å²) in [5.41, 5.74) is 0. The van der Waals surface area contributed by atoms with Crippen LogP contribution in [0.15, 0.2) is 0 Å². The summed E-state index contributed by atoms with van der Waals surface area (Å²) >= 11 is 0. The van der Waals surface area contributed by atoms with E-state index in [2.05, 4.69) is 24.1 Å². The molecule has 1 aliphatic carbocycles. The number of hydrogen-bond donors (Lipinski definition) is 1. The van der Waals surface area contributed by atoms with Crippen molar-refractivity contribution < 1.29 is 4.79 Å². The van der Waals surface area contributed by atoms with Crippen LogP contribution in [0.5, 0.6) is 0 Å². The van der Waals surface area contributed by atoms with E-state index >= 15 is 0 Å². The lowest BCUT2D eigenvalue weighted by Crippen LogP contribution is -2.54. The zero-order chi connectivity index (χ0) is 11.5. The second-order valence-electron chi connectivity index (χ2n) is 5.68. The number of halogens is 1. The summed E-state index contributed by atoms with van der Waals surface area (Å²) in [6.07, 6.45) is 5.04. The number of rotatable bonds is 4. The lowest BCUT2D eigenvalue weighted by molar-refractivity contribution is -0.140. The van der Waals surface area contributed by atoms with Gasteiger partial charge >= 0.3 is 0 Å². The number of amides is 1. The summed E-state index contributed by atoms with van der Waals surface area (Å²) in [5, 5.41) is 3.19. The highest BCUT2D eigenvalue weighted by Gasteiger charge is 2.34. The average Bonchev–Trinajstić information content (AvgIpc) is 2.63. The van der Waals surface area contributed by atoms with Crippen molar-refractivity contribution >= 4 is 18.3 Å². The van der Waals surface area contributed by atoms with E-state index < -0.39 is 0 Å². The van der Waals surface area contributed by atoms with Crippen molar-refractivity contribution in [2.24, 2.45) is 11.8 Å². The molecule has 1 saturated carbocycles. The van der Waals surface area contributed by atoms with Gasteiger partial charge in [0.15, 0.2) is 0 Å². The van der Waals surface area contributed by atoms with E-state index in [9.17, 15) is 4.79 Å². The highest BCUT2D eigenvalue weighted by molar-refractivity contribution is 5.85. The van der Waals surface area contributed by atoms with Crippen molar-refractivity contribution in [3.05, 3.63) is 0 Å². The minimum Gasteiger partial charge on any atom is -0.339 e. The predicted octanol–water partition coefficient (Wildman–Crippen LogP) is 2.05. The van der Waals surface area contributed by atoms with E-state index in [0.29, 0.717) is 17.9 Å². The highest BCUT2D eigenvalue weighted by Crippen LogP contribution is 2.26. The molecule has 2 rings (SSSR count). The van der Waals surface area contributed by atoms with Crippen LogP contribution in [-0.4, -0.2) is 36.5 Å². The molecular formula is C13H25ClN2O. The predicted molar refractivity (Wildman–Crippen MR) is 72.4 cm³/mol. The van der Waals surface area contributed by atoms with Crippen molar-refractivity contribution in [2.75, 3.05) is 19.6 Å². The maximum atomic E-state index is 12.3. The van der Waals surface area contributed by atoms with Crippen LogP contribution in [0.1, 0.15) is 39.5 Å². The summed E-state index contributed by atoms with van der Waals surface area (Å²) < 4.78 is 0. The van der Waals surface area contributed by atoms with Gasteiger partial charge in [-0.1, -0.05) is 26.7 Å². The quantitative estimate of drug-likeness (QED) is 0.839. The van der Waals surface area contributed by atoms with E-state index in [-0.39, 0.29) is 18.3 Å². The molecule has 1 aliphatic heterocycles. The molecule has 0 aromatic rings. The molecule has 1 saturated heterocycles. The first-order valence-corrected chi connectivity index (χ1v) is 6.69. The third-order valence-electron chi connectivity index (χ3n) is 3.74. The summed E-state index contributed by atoms with van der Waals surface area (Å²) in [5.74, 6) is 1.25. The van der Waals surface area contributed by atoms with Gasteiger partial charge in [-0.25, -0.2) is 0 Å². The monoisotopic (exact) mass is 260 g/mol. The molecule has 1 amide bonds. The largest absolute Gasteiger partial charge is 0.339 e. The van der Waals surface area contributed by atoms with E-state index in [1.54, 1.807) is 0 Å². The molecule has 0 aromatic heterocycles. The van der Waals surface area contributed by atoms with Gasteiger partial charge in [0.1, 0.15) is 0 Å². The zero-order valence-electron chi connectivity index (χ0n) is 10.9. The fourth-order valence-electron chi connectivity index (χ4n) is 2.73. The Labute approximate surface area is 111 Å². The van der Waals surface area contributed by atoms with Crippen LogP contribution in [0.3, 0.4) is 0 Å². The Kier molecular flexibility index (Phi) is 5.74. The molecule has 0 aromatic carbocycles. The number of nitrogens with zero attached hydrogens (tertiary/aromatic N) is 1. The maximum absolute atomic E-state index is 12.3. The molecule has 0 bridgehead atoms. The zero-order valence-corrected chi connectivity index (χ0v) is 11.8. The van der Waals surface area contributed by atoms with Gasteiger partial charge in [-0.3, -0.25) is 4.79 Å². The van der Waals surface area contributed by atoms with Crippen molar-refractivity contribution in [1.29, 1.82) is 0 Å². The number of hydrogen-bond acceptors (Lipinski definition) is 2. The maximum Gasteiger partial charge on any atom is 0.228 e. The third-order valence-corrected chi connectivity index (χ3v) is 3.74. The van der Waals surface area contributed by atoms with Crippen molar-refractivity contribution in [2.45, 2.75) is 45.6 Å². The second-order valence-corrected chi connectivity index (χ2v) is 5.68. The van der Waals surface area contributed by atoms with Gasteiger partial charge in [0.25, 0.3) is 0 Å². The van der Waals surface area contributed by atoms with E-state index in [1.807, 2.05) is 0 Å². The Balaban J connectivity index is 0.00000144.